The summed E-state index contributed by atoms with van der Waals surface area (Å²) in [6, 6.07) is 0. The zero-order valence-electron chi connectivity index (χ0n) is 11.5. The van der Waals surface area contributed by atoms with Gasteiger partial charge in [-0.2, -0.15) is 0 Å². The van der Waals surface area contributed by atoms with Crippen LogP contribution in [0, 0.1) is 28.6 Å². The Kier molecular flexibility index (Phi) is 2.95. The Hall–Kier alpha value is -0.660. The molecular formula is C15H24O2. The van der Waals surface area contributed by atoms with Gasteiger partial charge in [0.15, 0.2) is 0 Å². The monoisotopic (exact) mass is 236 g/mol. The van der Waals surface area contributed by atoms with E-state index in [9.17, 15) is 9.59 Å². The van der Waals surface area contributed by atoms with E-state index in [1.165, 1.54) is 12.8 Å². The van der Waals surface area contributed by atoms with Crippen LogP contribution in [0.25, 0.3) is 0 Å². The van der Waals surface area contributed by atoms with Gasteiger partial charge in [-0.05, 0) is 29.6 Å². The third-order valence-corrected chi connectivity index (χ3v) is 5.64. The van der Waals surface area contributed by atoms with Gasteiger partial charge >= 0.3 is 0 Å². The van der Waals surface area contributed by atoms with Gasteiger partial charge in [0.25, 0.3) is 0 Å². The molecule has 0 aromatic carbocycles. The molecule has 0 heterocycles. The molecule has 0 aromatic rings. The summed E-state index contributed by atoms with van der Waals surface area (Å²) in [4.78, 5) is 23.5. The van der Waals surface area contributed by atoms with Crippen LogP contribution >= 0.6 is 0 Å². The molecule has 96 valence electrons. The molecule has 2 rings (SSSR count). The highest BCUT2D eigenvalue weighted by molar-refractivity contribution is 5.85. The molecule has 0 amide bonds. The van der Waals surface area contributed by atoms with Crippen molar-refractivity contribution in [1.82, 2.24) is 0 Å². The van der Waals surface area contributed by atoms with Gasteiger partial charge in [0.1, 0.15) is 12.1 Å². The highest BCUT2D eigenvalue weighted by Gasteiger charge is 2.56. The van der Waals surface area contributed by atoms with Crippen LogP contribution in [0.5, 0.6) is 0 Å². The molecule has 17 heavy (non-hydrogen) atoms. The van der Waals surface area contributed by atoms with Crippen LogP contribution in [0.15, 0.2) is 0 Å². The molecule has 0 N–H and O–H groups in total. The van der Waals surface area contributed by atoms with E-state index in [2.05, 4.69) is 20.8 Å². The molecule has 2 nitrogen and oxygen atoms in total. The van der Waals surface area contributed by atoms with E-state index >= 15 is 0 Å². The van der Waals surface area contributed by atoms with Crippen LogP contribution in [0.3, 0.4) is 0 Å². The van der Waals surface area contributed by atoms with Gasteiger partial charge in [0.2, 0.25) is 0 Å². The molecule has 2 aliphatic carbocycles. The summed E-state index contributed by atoms with van der Waals surface area (Å²) in [5.41, 5.74) is 0.237. The SMILES string of the molecule is C[C@@H]1C(=O)CC2C(C)(C)CCC[C@]2(C)[C@H]1C=O. The van der Waals surface area contributed by atoms with Crippen LogP contribution in [0.1, 0.15) is 53.4 Å². The second-order valence-electron chi connectivity index (χ2n) is 7.02. The number of aldehydes is 1. The maximum Gasteiger partial charge on any atom is 0.136 e. The molecule has 2 fully saturated rings. The van der Waals surface area contributed by atoms with Crippen molar-refractivity contribution in [2.45, 2.75) is 53.4 Å². The molecule has 0 saturated heterocycles. The van der Waals surface area contributed by atoms with Crippen molar-refractivity contribution in [3.63, 3.8) is 0 Å². The minimum atomic E-state index is -0.0809. The van der Waals surface area contributed by atoms with Gasteiger partial charge in [0, 0.05) is 18.3 Å². The Morgan fingerprint density at radius 2 is 1.88 bits per heavy atom. The summed E-state index contributed by atoms with van der Waals surface area (Å²) < 4.78 is 0. The number of ketones is 1. The average molecular weight is 236 g/mol. The fourth-order valence-electron chi connectivity index (χ4n) is 4.51. The molecule has 0 radical (unpaired) electrons. The average Bonchev–Trinajstić information content (AvgIpc) is 2.22. The summed E-state index contributed by atoms with van der Waals surface area (Å²) in [5, 5.41) is 0. The first kappa shape index (κ1) is 12.8. The van der Waals surface area contributed by atoms with Gasteiger partial charge in [0.05, 0.1) is 0 Å². The molecule has 0 spiro atoms. The minimum Gasteiger partial charge on any atom is -0.303 e. The molecule has 4 atom stereocenters. The van der Waals surface area contributed by atoms with E-state index in [4.69, 9.17) is 0 Å². The molecule has 0 aromatic heterocycles. The molecule has 0 aliphatic heterocycles. The van der Waals surface area contributed by atoms with Gasteiger partial charge in [-0.1, -0.05) is 34.1 Å². The lowest BCUT2D eigenvalue weighted by Gasteiger charge is -2.57. The predicted molar refractivity (Wildman–Crippen MR) is 67.6 cm³/mol. The lowest BCUT2D eigenvalue weighted by Crippen LogP contribution is -2.54. The Morgan fingerprint density at radius 3 is 2.47 bits per heavy atom. The van der Waals surface area contributed by atoms with Crippen LogP contribution in [-0.4, -0.2) is 12.1 Å². The Balaban J connectivity index is 2.42. The van der Waals surface area contributed by atoms with Gasteiger partial charge < -0.3 is 4.79 Å². The van der Waals surface area contributed by atoms with Crippen molar-refractivity contribution in [1.29, 1.82) is 0 Å². The second kappa shape index (κ2) is 3.93. The van der Waals surface area contributed by atoms with Crippen molar-refractivity contribution < 1.29 is 9.59 Å². The molecule has 2 saturated carbocycles. The van der Waals surface area contributed by atoms with E-state index in [-0.39, 0.29) is 22.7 Å². The molecule has 2 heteroatoms. The van der Waals surface area contributed by atoms with Crippen molar-refractivity contribution in [2.24, 2.45) is 28.6 Å². The summed E-state index contributed by atoms with van der Waals surface area (Å²) in [6.07, 6.45) is 5.19. The number of fused-ring (bicyclic) bond motifs is 1. The summed E-state index contributed by atoms with van der Waals surface area (Å²) in [5.74, 6) is 0.512. The van der Waals surface area contributed by atoms with Crippen LogP contribution < -0.4 is 0 Å². The normalized spacial score (nSPS) is 45.2. The zero-order chi connectivity index (χ0) is 12.8. The number of Topliss-reactive ketones (excluding diaryl/α,β-unsaturated/α-hetero) is 1. The number of carbonyl (C=O) groups is 2. The van der Waals surface area contributed by atoms with Gasteiger partial charge in [-0.15, -0.1) is 0 Å². The third kappa shape index (κ3) is 1.76. The number of carbonyl (C=O) groups excluding carboxylic acids is 2. The highest BCUT2D eigenvalue weighted by atomic mass is 16.1. The van der Waals surface area contributed by atoms with Crippen LogP contribution in [0.4, 0.5) is 0 Å². The second-order valence-corrected chi connectivity index (χ2v) is 7.02. The maximum atomic E-state index is 12.1. The van der Waals surface area contributed by atoms with Crippen molar-refractivity contribution in [2.75, 3.05) is 0 Å². The maximum absolute atomic E-state index is 12.1. The van der Waals surface area contributed by atoms with Crippen molar-refractivity contribution in [3.05, 3.63) is 0 Å². The Bertz CT molecular complexity index is 345. The van der Waals surface area contributed by atoms with Gasteiger partial charge in [-0.25, -0.2) is 0 Å². The molecule has 1 unspecified atom stereocenters. The van der Waals surface area contributed by atoms with Crippen molar-refractivity contribution >= 4 is 12.1 Å². The summed E-state index contributed by atoms with van der Waals surface area (Å²) in [7, 11) is 0. The predicted octanol–water partition coefficient (Wildman–Crippen LogP) is 3.24. The first-order chi connectivity index (χ1) is 7.83. The highest BCUT2D eigenvalue weighted by Crippen LogP contribution is 2.59. The molecule has 0 bridgehead atoms. The summed E-state index contributed by atoms with van der Waals surface area (Å²) >= 11 is 0. The van der Waals surface area contributed by atoms with Crippen molar-refractivity contribution in [3.8, 4) is 0 Å². The van der Waals surface area contributed by atoms with E-state index in [0.717, 1.165) is 12.7 Å². The zero-order valence-corrected chi connectivity index (χ0v) is 11.5. The number of hydrogen-bond acceptors (Lipinski definition) is 2. The largest absolute Gasteiger partial charge is 0.303 e. The number of hydrogen-bond donors (Lipinski definition) is 0. The fraction of sp³-hybridized carbons (Fsp3) is 0.867. The van der Waals surface area contributed by atoms with Crippen LogP contribution in [-0.2, 0) is 9.59 Å². The molecular weight excluding hydrogens is 212 g/mol. The standard InChI is InChI=1S/C15H24O2/c1-10-11(9-16)15(4)7-5-6-14(2,3)13(15)8-12(10)17/h9-11,13H,5-8H2,1-4H3/t10-,11-,13?,15+/m0/s1. The molecule has 2 aliphatic rings. The quantitative estimate of drug-likeness (QED) is 0.655. The Labute approximate surface area is 104 Å². The lowest BCUT2D eigenvalue weighted by atomic mass is 9.46. The minimum absolute atomic E-state index is 0.0385. The third-order valence-electron chi connectivity index (χ3n) is 5.64. The van der Waals surface area contributed by atoms with E-state index < -0.39 is 0 Å². The smallest absolute Gasteiger partial charge is 0.136 e. The fourth-order valence-corrected chi connectivity index (χ4v) is 4.51. The first-order valence-corrected chi connectivity index (χ1v) is 6.81. The van der Waals surface area contributed by atoms with Crippen LogP contribution in [0.2, 0.25) is 0 Å². The first-order valence-electron chi connectivity index (χ1n) is 6.81. The van der Waals surface area contributed by atoms with E-state index in [1.807, 2.05) is 6.92 Å². The number of rotatable bonds is 1. The summed E-state index contributed by atoms with van der Waals surface area (Å²) in [6.45, 7) is 8.70. The Morgan fingerprint density at radius 1 is 1.24 bits per heavy atom. The van der Waals surface area contributed by atoms with Gasteiger partial charge in [-0.3, -0.25) is 4.79 Å². The van der Waals surface area contributed by atoms with E-state index in [1.54, 1.807) is 0 Å². The van der Waals surface area contributed by atoms with E-state index in [0.29, 0.717) is 18.1 Å². The topological polar surface area (TPSA) is 34.1 Å². The lowest BCUT2D eigenvalue weighted by molar-refractivity contribution is -0.152.